The van der Waals surface area contributed by atoms with Crippen molar-refractivity contribution in [3.8, 4) is 11.1 Å². The molecule has 0 saturated heterocycles. The summed E-state index contributed by atoms with van der Waals surface area (Å²) in [5, 5.41) is 12.8. The van der Waals surface area contributed by atoms with E-state index in [1.165, 1.54) is 0 Å². The fourth-order valence-electron chi connectivity index (χ4n) is 3.55. The van der Waals surface area contributed by atoms with Gasteiger partial charge in [0, 0.05) is 36.6 Å². The number of hydrogen-bond acceptors (Lipinski definition) is 4. The molecule has 31 heavy (non-hydrogen) atoms. The van der Waals surface area contributed by atoms with Crippen LogP contribution >= 0.6 is 0 Å². The van der Waals surface area contributed by atoms with Crippen LogP contribution in [0.15, 0.2) is 73.1 Å². The van der Waals surface area contributed by atoms with Gasteiger partial charge in [0.05, 0.1) is 12.6 Å². The van der Waals surface area contributed by atoms with E-state index in [2.05, 4.69) is 10.3 Å². The summed E-state index contributed by atoms with van der Waals surface area (Å²) in [6.45, 7) is -0.267. The molecule has 0 spiro atoms. The minimum atomic E-state index is -0.605. The molecule has 1 aromatic heterocycles. The van der Waals surface area contributed by atoms with Crippen molar-refractivity contribution in [2.24, 2.45) is 0 Å². The molecule has 1 atom stereocenters. The smallest absolute Gasteiger partial charge is 0.253 e. The Morgan fingerprint density at radius 2 is 1.71 bits per heavy atom. The van der Waals surface area contributed by atoms with Gasteiger partial charge < -0.3 is 15.3 Å². The Morgan fingerprint density at radius 3 is 2.35 bits per heavy atom. The predicted octanol–water partition coefficient (Wildman–Crippen LogP) is 3.45. The lowest BCUT2D eigenvalue weighted by molar-refractivity contribution is 0.0784. The number of aromatic nitrogens is 1. The van der Waals surface area contributed by atoms with E-state index >= 15 is 0 Å². The first-order chi connectivity index (χ1) is 15.1. The molecule has 2 amide bonds. The van der Waals surface area contributed by atoms with Crippen molar-refractivity contribution < 1.29 is 14.7 Å². The molecule has 2 aromatic carbocycles. The molecule has 1 aliphatic rings. The van der Waals surface area contributed by atoms with Gasteiger partial charge in [-0.1, -0.05) is 24.3 Å². The molecule has 3 aromatic rings. The van der Waals surface area contributed by atoms with Crippen LogP contribution in [0.2, 0.25) is 0 Å². The molecule has 158 valence electrons. The maximum atomic E-state index is 12.8. The average molecular weight is 415 g/mol. The van der Waals surface area contributed by atoms with Crippen LogP contribution in [0.3, 0.4) is 0 Å². The van der Waals surface area contributed by atoms with Gasteiger partial charge in [-0.05, 0) is 65.9 Å². The number of rotatable bonds is 7. The van der Waals surface area contributed by atoms with Gasteiger partial charge in [-0.25, -0.2) is 0 Å². The lowest BCUT2D eigenvalue weighted by atomic mass is 10.0. The highest BCUT2D eigenvalue weighted by atomic mass is 16.3. The zero-order valence-electron chi connectivity index (χ0n) is 17.4. The van der Waals surface area contributed by atoms with Crippen molar-refractivity contribution in [2.75, 3.05) is 13.7 Å². The molecule has 1 aliphatic carbocycles. The Kier molecular flexibility index (Phi) is 6.09. The summed E-state index contributed by atoms with van der Waals surface area (Å²) in [5.74, 6) is -0.328. The normalized spacial score (nSPS) is 14.0. The highest BCUT2D eigenvalue weighted by molar-refractivity contribution is 5.96. The highest BCUT2D eigenvalue weighted by Crippen LogP contribution is 2.27. The van der Waals surface area contributed by atoms with E-state index in [-0.39, 0.29) is 18.4 Å². The van der Waals surface area contributed by atoms with E-state index in [9.17, 15) is 14.7 Å². The lowest BCUT2D eigenvalue weighted by Crippen LogP contribution is -2.31. The Labute approximate surface area is 181 Å². The second-order valence-electron chi connectivity index (χ2n) is 7.79. The molecular formula is C25H25N3O3. The topological polar surface area (TPSA) is 82.5 Å². The first-order valence-electron chi connectivity index (χ1n) is 10.4. The van der Waals surface area contributed by atoms with Crippen LogP contribution in [0.4, 0.5) is 0 Å². The zero-order valence-corrected chi connectivity index (χ0v) is 17.4. The third-order valence-corrected chi connectivity index (χ3v) is 5.60. The maximum absolute atomic E-state index is 12.8. The zero-order chi connectivity index (χ0) is 21.8. The molecule has 0 radical (unpaired) electrons. The third-order valence-electron chi connectivity index (χ3n) is 5.60. The quantitative estimate of drug-likeness (QED) is 0.619. The second kappa shape index (κ2) is 9.10. The van der Waals surface area contributed by atoms with Gasteiger partial charge in [-0.2, -0.15) is 0 Å². The summed E-state index contributed by atoms with van der Waals surface area (Å²) in [6, 6.07) is 17.9. The van der Waals surface area contributed by atoms with E-state index in [0.717, 1.165) is 24.0 Å². The number of carbonyl (C=O) groups excluding carboxylic acids is 2. The van der Waals surface area contributed by atoms with Crippen molar-refractivity contribution in [3.63, 3.8) is 0 Å². The first kappa shape index (κ1) is 20.8. The van der Waals surface area contributed by atoms with E-state index in [0.29, 0.717) is 22.7 Å². The number of aliphatic hydroxyl groups is 1. The Hall–Kier alpha value is -3.51. The van der Waals surface area contributed by atoms with Gasteiger partial charge in [-0.3, -0.25) is 14.6 Å². The van der Waals surface area contributed by atoms with Crippen molar-refractivity contribution in [1.29, 1.82) is 0 Å². The number of hydrogen-bond donors (Lipinski definition) is 2. The number of amides is 2. The largest absolute Gasteiger partial charge is 0.394 e. The fourth-order valence-corrected chi connectivity index (χ4v) is 3.55. The van der Waals surface area contributed by atoms with E-state index in [4.69, 9.17) is 0 Å². The number of carbonyl (C=O) groups is 2. The Balaban J connectivity index is 1.47. The minimum Gasteiger partial charge on any atom is -0.394 e. The van der Waals surface area contributed by atoms with Crippen LogP contribution < -0.4 is 5.32 Å². The second-order valence-corrected chi connectivity index (χ2v) is 7.79. The minimum absolute atomic E-state index is 0.0425. The van der Waals surface area contributed by atoms with Gasteiger partial charge in [-0.15, -0.1) is 0 Å². The van der Waals surface area contributed by atoms with Crippen molar-refractivity contribution in [1.82, 2.24) is 15.2 Å². The third kappa shape index (κ3) is 4.81. The SMILES string of the molecule is CN(C(=O)c1cccc([C@@H](CO)NC(=O)c2ccc(-c3ccncc3)cc2)c1)C1CC1. The number of nitrogens with zero attached hydrogens (tertiary/aromatic N) is 2. The van der Waals surface area contributed by atoms with Gasteiger partial charge in [0.25, 0.3) is 11.8 Å². The summed E-state index contributed by atoms with van der Waals surface area (Å²) in [7, 11) is 1.81. The first-order valence-corrected chi connectivity index (χ1v) is 10.4. The van der Waals surface area contributed by atoms with Gasteiger partial charge >= 0.3 is 0 Å². The molecule has 1 heterocycles. The van der Waals surface area contributed by atoms with E-state index < -0.39 is 6.04 Å². The lowest BCUT2D eigenvalue weighted by Gasteiger charge is -2.20. The van der Waals surface area contributed by atoms with Crippen LogP contribution in [0.1, 0.15) is 45.2 Å². The fraction of sp³-hybridized carbons (Fsp3) is 0.240. The Bertz CT molecular complexity index is 1060. The molecular weight excluding hydrogens is 390 g/mol. The van der Waals surface area contributed by atoms with Crippen LogP contribution in [0, 0.1) is 0 Å². The predicted molar refractivity (Wildman–Crippen MR) is 119 cm³/mol. The molecule has 6 nitrogen and oxygen atoms in total. The standard InChI is InChI=1S/C25H25N3O3/c1-28(22-9-10-22)25(31)21-4-2-3-20(15-21)23(16-29)27-24(30)19-7-5-17(6-8-19)18-11-13-26-14-12-18/h2-8,11-15,22-23,29H,9-10,16H2,1H3,(H,27,30)/t23-/m1/s1. The molecule has 2 N–H and O–H groups in total. The molecule has 0 aliphatic heterocycles. The van der Waals surface area contributed by atoms with Crippen molar-refractivity contribution in [2.45, 2.75) is 24.9 Å². The summed E-state index contributed by atoms with van der Waals surface area (Å²) in [5.41, 5.74) is 3.76. The molecule has 4 rings (SSSR count). The number of benzene rings is 2. The van der Waals surface area contributed by atoms with E-state index in [1.807, 2.05) is 37.4 Å². The number of aliphatic hydroxyl groups excluding tert-OH is 1. The van der Waals surface area contributed by atoms with Crippen LogP contribution in [-0.4, -0.2) is 46.5 Å². The van der Waals surface area contributed by atoms with Crippen LogP contribution in [0.25, 0.3) is 11.1 Å². The maximum Gasteiger partial charge on any atom is 0.253 e. The molecule has 6 heteroatoms. The summed E-state index contributed by atoms with van der Waals surface area (Å²) in [4.78, 5) is 31.2. The summed E-state index contributed by atoms with van der Waals surface area (Å²) in [6.07, 6.45) is 5.53. The number of pyridine rings is 1. The monoisotopic (exact) mass is 415 g/mol. The average Bonchev–Trinajstić information content (AvgIpc) is 3.68. The van der Waals surface area contributed by atoms with Crippen LogP contribution in [0.5, 0.6) is 0 Å². The molecule has 1 saturated carbocycles. The Morgan fingerprint density at radius 1 is 1.03 bits per heavy atom. The van der Waals surface area contributed by atoms with Crippen LogP contribution in [-0.2, 0) is 0 Å². The summed E-state index contributed by atoms with van der Waals surface area (Å²) >= 11 is 0. The van der Waals surface area contributed by atoms with E-state index in [1.54, 1.807) is 47.6 Å². The van der Waals surface area contributed by atoms with Crippen molar-refractivity contribution >= 4 is 11.8 Å². The van der Waals surface area contributed by atoms with Gasteiger partial charge in [0.15, 0.2) is 0 Å². The molecule has 1 fully saturated rings. The number of nitrogens with one attached hydrogen (secondary N) is 1. The molecule has 0 bridgehead atoms. The summed E-state index contributed by atoms with van der Waals surface area (Å²) < 4.78 is 0. The van der Waals surface area contributed by atoms with Gasteiger partial charge in [0.2, 0.25) is 0 Å². The van der Waals surface area contributed by atoms with Crippen molar-refractivity contribution in [3.05, 3.63) is 89.7 Å². The highest BCUT2D eigenvalue weighted by Gasteiger charge is 2.30. The molecule has 0 unspecified atom stereocenters. The van der Waals surface area contributed by atoms with Gasteiger partial charge in [0.1, 0.15) is 0 Å².